The van der Waals surface area contributed by atoms with Gasteiger partial charge in [0.2, 0.25) is 0 Å². The molecule has 0 saturated heterocycles. The first kappa shape index (κ1) is 32.2. The first-order chi connectivity index (χ1) is 28.0. The average molecular weight is 723 g/mol. The van der Waals surface area contributed by atoms with E-state index in [0.29, 0.717) is 0 Å². The monoisotopic (exact) mass is 722 g/mol. The lowest BCUT2D eigenvalue weighted by molar-refractivity contribution is 0.662. The minimum atomic E-state index is -0.157. The molecule has 0 fully saturated rings. The molecule has 0 N–H and O–H groups in total. The Balaban J connectivity index is 1.04. The molecule has 266 valence electrons. The van der Waals surface area contributed by atoms with Gasteiger partial charge in [-0.1, -0.05) is 166 Å². The van der Waals surface area contributed by atoms with Crippen LogP contribution >= 0.6 is 0 Å². The van der Waals surface area contributed by atoms with Crippen LogP contribution in [0.4, 0.5) is 0 Å². The lowest BCUT2D eigenvalue weighted by atomic mass is 9.80. The predicted molar refractivity (Wildman–Crippen MR) is 245 cm³/mol. The van der Waals surface area contributed by atoms with Gasteiger partial charge in [0.15, 0.2) is 0 Å². The van der Waals surface area contributed by atoms with Crippen molar-refractivity contribution < 1.29 is 0 Å². The Morgan fingerprint density at radius 2 is 0.544 bits per heavy atom. The minimum absolute atomic E-state index is 0.157. The second-order valence-corrected chi connectivity index (χ2v) is 16.4. The van der Waals surface area contributed by atoms with Crippen molar-refractivity contribution in [1.29, 1.82) is 0 Å². The van der Waals surface area contributed by atoms with E-state index in [1.165, 1.54) is 120 Å². The summed E-state index contributed by atoms with van der Waals surface area (Å²) in [7, 11) is 0. The summed E-state index contributed by atoms with van der Waals surface area (Å²) in [5, 5.41) is 15.8. The highest BCUT2D eigenvalue weighted by molar-refractivity contribution is 6.28. The van der Waals surface area contributed by atoms with Gasteiger partial charge in [-0.2, -0.15) is 0 Å². The second-order valence-electron chi connectivity index (χ2n) is 16.4. The first-order valence-electron chi connectivity index (χ1n) is 20.1. The molecule has 1 aliphatic rings. The van der Waals surface area contributed by atoms with E-state index in [-0.39, 0.29) is 5.41 Å². The van der Waals surface area contributed by atoms with Crippen molar-refractivity contribution in [3.8, 4) is 44.5 Å². The summed E-state index contributed by atoms with van der Waals surface area (Å²) in [6.45, 7) is 4.84. The van der Waals surface area contributed by atoms with E-state index < -0.39 is 0 Å². The van der Waals surface area contributed by atoms with Crippen LogP contribution in [0.2, 0.25) is 0 Å². The third kappa shape index (κ3) is 4.74. The standard InChI is InChI=1S/C57H38/c1-57(2)55-33-51-44-23-9-7-21-42(44)41-20-6-8-22-43(41)49(51)31-53(55)54-32-50-46-25-11-10-24-45(46)48-30-40(26-27-47(48)52(50)34-56(54)57)39-19-13-18-38(29-39)37-17-12-16-36(28-37)35-14-4-3-5-15-35/h3-34H,1-2H3. The Morgan fingerprint density at radius 1 is 0.228 bits per heavy atom. The Morgan fingerprint density at radius 3 is 1.00 bits per heavy atom. The van der Waals surface area contributed by atoms with Gasteiger partial charge in [0, 0.05) is 5.41 Å². The SMILES string of the molecule is CC1(C)c2cc3c4ccccc4c4ccccc4c3cc2-c2cc3c4ccccc4c4cc(-c5cccc(-c6cccc(-c7ccccc7)c6)c5)ccc4c3cc21. The summed E-state index contributed by atoms with van der Waals surface area (Å²) in [6.07, 6.45) is 0. The largest absolute Gasteiger partial charge is 0.0622 e. The van der Waals surface area contributed by atoms with Gasteiger partial charge < -0.3 is 0 Å². The molecular weight excluding hydrogens is 685 g/mol. The minimum Gasteiger partial charge on any atom is -0.0622 e. The fourth-order valence-corrected chi connectivity index (χ4v) is 10.1. The van der Waals surface area contributed by atoms with E-state index in [1.54, 1.807) is 0 Å². The topological polar surface area (TPSA) is 0 Å². The van der Waals surface area contributed by atoms with Gasteiger partial charge in [0.1, 0.15) is 0 Å². The quantitative estimate of drug-likeness (QED) is 0.159. The zero-order valence-corrected chi connectivity index (χ0v) is 32.0. The van der Waals surface area contributed by atoms with Crippen molar-refractivity contribution in [2.75, 3.05) is 0 Å². The van der Waals surface area contributed by atoms with E-state index in [2.05, 4.69) is 208 Å². The van der Waals surface area contributed by atoms with Gasteiger partial charge in [-0.3, -0.25) is 0 Å². The molecule has 0 atom stereocenters. The van der Waals surface area contributed by atoms with Crippen LogP contribution in [0.1, 0.15) is 25.0 Å². The van der Waals surface area contributed by atoms with Gasteiger partial charge in [-0.05, 0) is 163 Å². The third-order valence-electron chi connectivity index (χ3n) is 13.0. The van der Waals surface area contributed by atoms with Crippen LogP contribution in [0.15, 0.2) is 194 Å². The summed E-state index contributed by atoms with van der Waals surface area (Å²) >= 11 is 0. The first-order valence-corrected chi connectivity index (χ1v) is 20.1. The maximum atomic E-state index is 2.53. The maximum absolute atomic E-state index is 2.53. The molecule has 0 aromatic heterocycles. The molecule has 0 unspecified atom stereocenters. The molecule has 0 saturated carbocycles. The van der Waals surface area contributed by atoms with E-state index in [0.717, 1.165) is 0 Å². The van der Waals surface area contributed by atoms with Crippen molar-refractivity contribution in [3.63, 3.8) is 0 Å². The second kappa shape index (κ2) is 12.0. The van der Waals surface area contributed by atoms with Gasteiger partial charge >= 0.3 is 0 Å². The summed E-state index contributed by atoms with van der Waals surface area (Å²) in [5.41, 5.74) is 12.7. The highest BCUT2D eigenvalue weighted by Crippen LogP contribution is 2.53. The van der Waals surface area contributed by atoms with Gasteiger partial charge in [0.05, 0.1) is 0 Å². The summed E-state index contributed by atoms with van der Waals surface area (Å²) in [6, 6.07) is 72.6. The van der Waals surface area contributed by atoms with Crippen LogP contribution in [0.3, 0.4) is 0 Å². The lowest BCUT2D eigenvalue weighted by Gasteiger charge is -2.23. The fraction of sp³-hybridized carbons (Fsp3) is 0.0526. The zero-order chi connectivity index (χ0) is 37.8. The Hall–Kier alpha value is -7.02. The average Bonchev–Trinajstić information content (AvgIpc) is 3.49. The van der Waals surface area contributed by atoms with E-state index in [1.807, 2.05) is 0 Å². The predicted octanol–water partition coefficient (Wildman–Crippen LogP) is 15.9. The molecule has 12 rings (SSSR count). The number of benzene rings is 11. The van der Waals surface area contributed by atoms with Crippen LogP contribution in [0.5, 0.6) is 0 Å². The molecule has 0 heteroatoms. The third-order valence-corrected chi connectivity index (χ3v) is 13.0. The Kier molecular flexibility index (Phi) is 6.78. The summed E-state index contributed by atoms with van der Waals surface area (Å²) < 4.78 is 0. The van der Waals surface area contributed by atoms with Crippen molar-refractivity contribution in [2.24, 2.45) is 0 Å². The molecule has 0 bridgehead atoms. The van der Waals surface area contributed by atoms with Crippen LogP contribution in [0, 0.1) is 0 Å². The van der Waals surface area contributed by atoms with Crippen LogP contribution in [-0.4, -0.2) is 0 Å². The smallest absolute Gasteiger partial charge is 0.0159 e. The van der Waals surface area contributed by atoms with Crippen molar-refractivity contribution in [1.82, 2.24) is 0 Å². The fourth-order valence-electron chi connectivity index (χ4n) is 10.1. The molecule has 0 nitrogen and oxygen atoms in total. The van der Waals surface area contributed by atoms with E-state index in [4.69, 9.17) is 0 Å². The lowest BCUT2D eigenvalue weighted by Crippen LogP contribution is -2.15. The molecular formula is C57H38. The maximum Gasteiger partial charge on any atom is 0.0159 e. The highest BCUT2D eigenvalue weighted by Gasteiger charge is 2.37. The number of rotatable bonds is 3. The molecule has 1 aliphatic carbocycles. The Labute approximate surface area is 332 Å². The highest BCUT2D eigenvalue weighted by atomic mass is 14.4. The molecule has 0 aliphatic heterocycles. The van der Waals surface area contributed by atoms with Crippen molar-refractivity contribution in [2.45, 2.75) is 19.3 Å². The van der Waals surface area contributed by atoms with Crippen molar-refractivity contribution >= 4 is 64.6 Å². The number of hydrogen-bond acceptors (Lipinski definition) is 0. The van der Waals surface area contributed by atoms with E-state index >= 15 is 0 Å². The summed E-state index contributed by atoms with van der Waals surface area (Å²) in [5.74, 6) is 0. The van der Waals surface area contributed by atoms with Gasteiger partial charge in [0.25, 0.3) is 0 Å². The molecule has 0 spiro atoms. The molecule has 0 heterocycles. The van der Waals surface area contributed by atoms with Crippen LogP contribution < -0.4 is 0 Å². The molecule has 0 radical (unpaired) electrons. The molecule has 11 aromatic carbocycles. The Bertz CT molecular complexity index is 3470. The normalized spacial score (nSPS) is 13.2. The zero-order valence-electron chi connectivity index (χ0n) is 32.0. The van der Waals surface area contributed by atoms with Gasteiger partial charge in [-0.15, -0.1) is 0 Å². The molecule has 57 heavy (non-hydrogen) atoms. The van der Waals surface area contributed by atoms with Gasteiger partial charge in [-0.25, -0.2) is 0 Å². The molecule has 0 amide bonds. The van der Waals surface area contributed by atoms with Crippen molar-refractivity contribution in [3.05, 3.63) is 205 Å². The van der Waals surface area contributed by atoms with Crippen LogP contribution in [-0.2, 0) is 5.41 Å². The summed E-state index contributed by atoms with van der Waals surface area (Å²) in [4.78, 5) is 0. The number of fused-ring (bicyclic) bond motifs is 15. The van der Waals surface area contributed by atoms with Crippen LogP contribution in [0.25, 0.3) is 109 Å². The number of hydrogen-bond donors (Lipinski definition) is 0. The van der Waals surface area contributed by atoms with E-state index in [9.17, 15) is 0 Å². The molecule has 11 aromatic rings.